The number of hydrogen-bond acceptors (Lipinski definition) is 4. The van der Waals surface area contributed by atoms with Crippen molar-refractivity contribution in [2.24, 2.45) is 11.7 Å². The third-order valence-corrected chi connectivity index (χ3v) is 1.24. The molecule has 64 valence electrons. The molecular formula is C6H11NO4. The molecule has 0 amide bonds. The predicted octanol–water partition coefficient (Wildman–Crippen LogP) is -0.791. The standard InChI is InChI=1S/C6H11NO4/c1-11-6(10)4(2-3-7)5(8)9/h4H,2-3,7H2,1H3,(H,8,9)/t4-/m1/s1. The second-order valence-corrected chi connectivity index (χ2v) is 1.99. The average molecular weight is 161 g/mol. The smallest absolute Gasteiger partial charge is 0.320 e. The number of aliphatic carboxylic acids is 1. The van der Waals surface area contributed by atoms with Crippen molar-refractivity contribution < 1.29 is 19.4 Å². The molecular weight excluding hydrogens is 150 g/mol. The van der Waals surface area contributed by atoms with Gasteiger partial charge in [-0.25, -0.2) is 0 Å². The Kier molecular flexibility index (Phi) is 4.21. The van der Waals surface area contributed by atoms with E-state index in [0.717, 1.165) is 7.11 Å². The van der Waals surface area contributed by atoms with Crippen LogP contribution in [0.5, 0.6) is 0 Å². The summed E-state index contributed by atoms with van der Waals surface area (Å²) in [5.74, 6) is -3.06. The van der Waals surface area contributed by atoms with Gasteiger partial charge in [-0.05, 0) is 13.0 Å². The van der Waals surface area contributed by atoms with Crippen molar-refractivity contribution in [3.63, 3.8) is 0 Å². The van der Waals surface area contributed by atoms with Gasteiger partial charge >= 0.3 is 11.9 Å². The first-order chi connectivity index (χ1) is 5.13. The summed E-state index contributed by atoms with van der Waals surface area (Å²) in [5, 5.41) is 8.45. The zero-order valence-electron chi connectivity index (χ0n) is 6.24. The Balaban J connectivity index is 4.09. The van der Waals surface area contributed by atoms with Crippen molar-refractivity contribution in [1.82, 2.24) is 0 Å². The molecule has 0 fully saturated rings. The summed E-state index contributed by atoms with van der Waals surface area (Å²) in [6.07, 6.45) is 0.113. The van der Waals surface area contributed by atoms with E-state index in [1.807, 2.05) is 0 Å². The van der Waals surface area contributed by atoms with Gasteiger partial charge in [0.05, 0.1) is 7.11 Å². The van der Waals surface area contributed by atoms with Crippen LogP contribution < -0.4 is 5.73 Å². The first kappa shape index (κ1) is 9.90. The van der Waals surface area contributed by atoms with Gasteiger partial charge in [0.2, 0.25) is 0 Å². The second-order valence-electron chi connectivity index (χ2n) is 1.99. The Hall–Kier alpha value is -1.10. The van der Waals surface area contributed by atoms with E-state index in [4.69, 9.17) is 10.8 Å². The zero-order chi connectivity index (χ0) is 8.85. The molecule has 0 unspecified atom stereocenters. The van der Waals surface area contributed by atoms with Gasteiger partial charge in [-0.3, -0.25) is 9.59 Å². The minimum absolute atomic E-state index is 0.113. The van der Waals surface area contributed by atoms with E-state index >= 15 is 0 Å². The molecule has 0 aliphatic rings. The summed E-state index contributed by atoms with van der Waals surface area (Å²) in [5.41, 5.74) is 5.09. The zero-order valence-corrected chi connectivity index (χ0v) is 6.24. The molecule has 0 heterocycles. The number of carboxylic acid groups (broad SMARTS) is 1. The molecule has 0 aromatic heterocycles. The largest absolute Gasteiger partial charge is 0.481 e. The molecule has 3 N–H and O–H groups in total. The maximum atomic E-state index is 10.7. The number of nitrogens with two attached hydrogens (primary N) is 1. The van der Waals surface area contributed by atoms with Crippen LogP contribution in [0.2, 0.25) is 0 Å². The van der Waals surface area contributed by atoms with E-state index in [2.05, 4.69) is 4.74 Å². The fourth-order valence-electron chi connectivity index (χ4n) is 0.651. The molecule has 5 nitrogen and oxygen atoms in total. The van der Waals surface area contributed by atoms with Crippen LogP contribution in [0.3, 0.4) is 0 Å². The molecule has 1 atom stereocenters. The molecule has 0 radical (unpaired) electrons. The average Bonchev–Trinajstić information content (AvgIpc) is 1.98. The topological polar surface area (TPSA) is 89.6 Å². The summed E-state index contributed by atoms with van der Waals surface area (Å²) in [6, 6.07) is 0. The van der Waals surface area contributed by atoms with E-state index in [9.17, 15) is 9.59 Å². The minimum Gasteiger partial charge on any atom is -0.481 e. The van der Waals surface area contributed by atoms with Crippen LogP contribution in [-0.4, -0.2) is 30.7 Å². The molecule has 0 rings (SSSR count). The Morgan fingerprint density at radius 1 is 1.64 bits per heavy atom. The summed E-state index contributed by atoms with van der Waals surface area (Å²) in [4.78, 5) is 21.0. The first-order valence-electron chi connectivity index (χ1n) is 3.14. The Morgan fingerprint density at radius 2 is 2.18 bits per heavy atom. The van der Waals surface area contributed by atoms with Crippen LogP contribution in [-0.2, 0) is 14.3 Å². The normalized spacial score (nSPS) is 12.2. The van der Waals surface area contributed by atoms with Crippen LogP contribution in [0.4, 0.5) is 0 Å². The lowest BCUT2D eigenvalue weighted by molar-refractivity contribution is -0.156. The van der Waals surface area contributed by atoms with Crippen molar-refractivity contribution in [2.75, 3.05) is 13.7 Å². The fraction of sp³-hybridized carbons (Fsp3) is 0.667. The van der Waals surface area contributed by atoms with Gasteiger partial charge in [-0.1, -0.05) is 0 Å². The number of carbonyl (C=O) groups excluding carboxylic acids is 1. The third kappa shape index (κ3) is 2.99. The van der Waals surface area contributed by atoms with Crippen molar-refractivity contribution in [3.8, 4) is 0 Å². The number of rotatable bonds is 4. The van der Waals surface area contributed by atoms with Crippen LogP contribution in [0.1, 0.15) is 6.42 Å². The van der Waals surface area contributed by atoms with Gasteiger partial charge in [0.25, 0.3) is 0 Å². The lowest BCUT2D eigenvalue weighted by atomic mass is 10.1. The van der Waals surface area contributed by atoms with Crippen molar-refractivity contribution >= 4 is 11.9 Å². The Bertz CT molecular complexity index is 157. The molecule has 0 aliphatic carbocycles. The van der Waals surface area contributed by atoms with Gasteiger partial charge in [-0.15, -0.1) is 0 Å². The number of hydrogen-bond donors (Lipinski definition) is 2. The van der Waals surface area contributed by atoms with Crippen LogP contribution in [0.25, 0.3) is 0 Å². The highest BCUT2D eigenvalue weighted by atomic mass is 16.5. The summed E-state index contributed by atoms with van der Waals surface area (Å²) >= 11 is 0. The van der Waals surface area contributed by atoms with Crippen LogP contribution >= 0.6 is 0 Å². The highest BCUT2D eigenvalue weighted by molar-refractivity contribution is 5.93. The van der Waals surface area contributed by atoms with Crippen molar-refractivity contribution in [1.29, 1.82) is 0 Å². The van der Waals surface area contributed by atoms with Gasteiger partial charge in [0.1, 0.15) is 0 Å². The van der Waals surface area contributed by atoms with Crippen LogP contribution in [0, 0.1) is 5.92 Å². The van der Waals surface area contributed by atoms with Crippen molar-refractivity contribution in [2.45, 2.75) is 6.42 Å². The van der Waals surface area contributed by atoms with Gasteiger partial charge in [-0.2, -0.15) is 0 Å². The number of methoxy groups -OCH3 is 1. The molecule has 11 heavy (non-hydrogen) atoms. The molecule has 0 saturated carbocycles. The minimum atomic E-state index is -1.19. The van der Waals surface area contributed by atoms with E-state index in [1.54, 1.807) is 0 Å². The number of esters is 1. The Labute approximate surface area is 64.1 Å². The second kappa shape index (κ2) is 4.68. The SMILES string of the molecule is COC(=O)[C@H](CCN)C(=O)O. The van der Waals surface area contributed by atoms with E-state index in [0.29, 0.717) is 0 Å². The predicted molar refractivity (Wildman–Crippen MR) is 36.8 cm³/mol. The number of carboxylic acids is 1. The van der Waals surface area contributed by atoms with Gasteiger partial charge in [0, 0.05) is 0 Å². The molecule has 0 saturated heterocycles. The van der Waals surface area contributed by atoms with E-state index in [1.165, 1.54) is 0 Å². The summed E-state index contributed by atoms with van der Waals surface area (Å²) in [6.45, 7) is 0.159. The highest BCUT2D eigenvalue weighted by Crippen LogP contribution is 2.03. The lowest BCUT2D eigenvalue weighted by Gasteiger charge is -2.06. The molecule has 0 aliphatic heterocycles. The summed E-state index contributed by atoms with van der Waals surface area (Å²) in [7, 11) is 1.15. The van der Waals surface area contributed by atoms with E-state index in [-0.39, 0.29) is 13.0 Å². The fourth-order valence-corrected chi connectivity index (χ4v) is 0.651. The quantitative estimate of drug-likeness (QED) is 0.416. The van der Waals surface area contributed by atoms with Gasteiger partial charge < -0.3 is 15.6 Å². The monoisotopic (exact) mass is 161 g/mol. The van der Waals surface area contributed by atoms with Gasteiger partial charge in [0.15, 0.2) is 5.92 Å². The Morgan fingerprint density at radius 3 is 2.45 bits per heavy atom. The summed E-state index contributed by atoms with van der Waals surface area (Å²) < 4.78 is 4.25. The van der Waals surface area contributed by atoms with E-state index < -0.39 is 17.9 Å². The molecule has 5 heteroatoms. The molecule has 0 aromatic rings. The van der Waals surface area contributed by atoms with Crippen molar-refractivity contribution in [3.05, 3.63) is 0 Å². The maximum Gasteiger partial charge on any atom is 0.320 e. The third-order valence-electron chi connectivity index (χ3n) is 1.24. The molecule has 0 aromatic carbocycles. The lowest BCUT2D eigenvalue weighted by Crippen LogP contribution is -2.27. The van der Waals surface area contributed by atoms with Crippen LogP contribution in [0.15, 0.2) is 0 Å². The number of ether oxygens (including phenoxy) is 1. The molecule has 0 bridgehead atoms. The maximum absolute atomic E-state index is 10.7. The first-order valence-corrected chi connectivity index (χ1v) is 3.14. The molecule has 0 spiro atoms. The highest BCUT2D eigenvalue weighted by Gasteiger charge is 2.25. The number of carbonyl (C=O) groups is 2.